The molecule has 0 amide bonds. The van der Waals surface area contributed by atoms with Gasteiger partial charge < -0.3 is 18.9 Å². The molecule has 0 aromatic heterocycles. The molecule has 2 atom stereocenters. The molecule has 0 saturated carbocycles. The minimum atomic E-state index is -0.614. The third-order valence-corrected chi connectivity index (χ3v) is 6.62. The van der Waals surface area contributed by atoms with E-state index in [0.29, 0.717) is 26.2 Å². The minimum Gasteiger partial charge on any atom is -0.491 e. The average Bonchev–Trinajstić information content (AvgIpc) is 3.06. The molecular weight excluding hydrogens is 464 g/mol. The van der Waals surface area contributed by atoms with Crippen molar-refractivity contribution in [3.63, 3.8) is 0 Å². The van der Waals surface area contributed by atoms with Crippen molar-refractivity contribution in [1.29, 1.82) is 0 Å². The van der Waals surface area contributed by atoms with E-state index in [0.717, 1.165) is 17.7 Å². The Labute approximate surface area is 220 Å². The smallest absolute Gasteiger partial charge is 0.335 e. The van der Waals surface area contributed by atoms with E-state index in [1.54, 1.807) is 6.92 Å². The molecule has 194 valence electrons. The van der Waals surface area contributed by atoms with Crippen molar-refractivity contribution in [2.24, 2.45) is 0 Å². The van der Waals surface area contributed by atoms with Gasteiger partial charge in [0.1, 0.15) is 18.5 Å². The third-order valence-electron chi connectivity index (χ3n) is 6.62. The fourth-order valence-electron chi connectivity index (χ4n) is 4.59. The molecule has 1 aliphatic rings. The van der Waals surface area contributed by atoms with Gasteiger partial charge in [-0.25, -0.2) is 4.79 Å². The van der Waals surface area contributed by atoms with Crippen LogP contribution < -0.4 is 4.74 Å². The molecule has 5 heteroatoms. The monoisotopic (exact) mass is 500 g/mol. The minimum absolute atomic E-state index is 0.161. The molecule has 0 spiro atoms. The van der Waals surface area contributed by atoms with Crippen LogP contribution in [0.2, 0.25) is 0 Å². The van der Waals surface area contributed by atoms with Gasteiger partial charge in [0.15, 0.2) is 6.10 Å². The zero-order valence-electron chi connectivity index (χ0n) is 22.2. The highest BCUT2D eigenvalue weighted by Crippen LogP contribution is 2.36. The molecule has 5 nitrogen and oxygen atoms in total. The van der Waals surface area contributed by atoms with E-state index >= 15 is 0 Å². The first-order valence-corrected chi connectivity index (χ1v) is 13.0. The van der Waals surface area contributed by atoms with Crippen molar-refractivity contribution in [2.75, 3.05) is 26.9 Å². The number of carbonyl (C=O) groups is 1. The van der Waals surface area contributed by atoms with Crippen LogP contribution in [0, 0.1) is 6.92 Å². The van der Waals surface area contributed by atoms with Crippen LogP contribution in [-0.4, -0.2) is 39.0 Å². The number of methoxy groups -OCH3 is 1. The average molecular weight is 501 g/mol. The molecule has 1 aliphatic carbocycles. The highest BCUT2D eigenvalue weighted by molar-refractivity contribution is 5.77. The van der Waals surface area contributed by atoms with Gasteiger partial charge in [0.25, 0.3) is 0 Å². The van der Waals surface area contributed by atoms with Crippen molar-refractivity contribution in [1.82, 2.24) is 0 Å². The molecule has 0 N–H and O–H groups in total. The van der Waals surface area contributed by atoms with Gasteiger partial charge in [-0.15, -0.1) is 0 Å². The molecule has 0 heterocycles. The largest absolute Gasteiger partial charge is 0.491 e. The van der Waals surface area contributed by atoms with Crippen molar-refractivity contribution in [3.8, 4) is 5.75 Å². The van der Waals surface area contributed by atoms with Gasteiger partial charge >= 0.3 is 5.97 Å². The Morgan fingerprint density at radius 2 is 1.54 bits per heavy atom. The number of hydrogen-bond acceptors (Lipinski definition) is 5. The standard InChI is InChI=1S/C32H36O5/c1-5-23-10-16-29-26(20-23)12-11-25-19-22(3)7-15-28(25)31(29)37-18-17-36-27-13-8-24(9-14-27)21-30(34-4)32(33)35-6-2/h7-16,19-20,30-31H,5-6,17-18,21H2,1-4H3. The van der Waals surface area contributed by atoms with Gasteiger partial charge in [0, 0.05) is 13.5 Å². The molecule has 0 radical (unpaired) electrons. The van der Waals surface area contributed by atoms with Crippen LogP contribution in [0.4, 0.5) is 0 Å². The second-order valence-electron chi connectivity index (χ2n) is 9.21. The topological polar surface area (TPSA) is 54.0 Å². The molecule has 3 aromatic rings. The van der Waals surface area contributed by atoms with E-state index in [-0.39, 0.29) is 12.1 Å². The Bertz CT molecular complexity index is 1230. The number of esters is 1. The fraction of sp³-hybridized carbons (Fsp3) is 0.344. The molecule has 2 unspecified atom stereocenters. The zero-order valence-corrected chi connectivity index (χ0v) is 22.2. The quantitative estimate of drug-likeness (QED) is 0.227. The highest BCUT2D eigenvalue weighted by Gasteiger charge is 2.23. The van der Waals surface area contributed by atoms with Crippen molar-refractivity contribution in [2.45, 2.75) is 45.8 Å². The number of ether oxygens (including phenoxy) is 4. The number of carbonyl (C=O) groups excluding carboxylic acids is 1. The SMILES string of the molecule is CCOC(=O)C(Cc1ccc(OCCOC2c3ccc(C)cc3C=Cc3cc(CC)ccc32)cc1)OC. The summed E-state index contributed by atoms with van der Waals surface area (Å²) >= 11 is 0. The Morgan fingerprint density at radius 1 is 0.865 bits per heavy atom. The molecule has 0 fully saturated rings. The first kappa shape index (κ1) is 26.6. The summed E-state index contributed by atoms with van der Waals surface area (Å²) in [6, 6.07) is 20.9. The summed E-state index contributed by atoms with van der Waals surface area (Å²) in [5.41, 5.74) is 8.26. The first-order valence-electron chi connectivity index (χ1n) is 13.0. The lowest BCUT2D eigenvalue weighted by molar-refractivity contribution is -0.154. The molecule has 0 saturated heterocycles. The highest BCUT2D eigenvalue weighted by atomic mass is 16.6. The van der Waals surface area contributed by atoms with Gasteiger partial charge in [-0.2, -0.15) is 0 Å². The van der Waals surface area contributed by atoms with Crippen LogP contribution >= 0.6 is 0 Å². The Hall–Kier alpha value is -3.41. The van der Waals surface area contributed by atoms with Crippen LogP contribution in [-0.2, 0) is 31.8 Å². The Kier molecular flexibility index (Phi) is 9.15. The van der Waals surface area contributed by atoms with Gasteiger partial charge in [-0.1, -0.05) is 73.2 Å². The normalized spacial score (nSPS) is 14.9. The van der Waals surface area contributed by atoms with E-state index in [1.807, 2.05) is 24.3 Å². The molecule has 37 heavy (non-hydrogen) atoms. The van der Waals surface area contributed by atoms with E-state index in [9.17, 15) is 4.79 Å². The van der Waals surface area contributed by atoms with E-state index < -0.39 is 6.10 Å². The number of rotatable bonds is 11. The maximum atomic E-state index is 12.0. The molecule has 4 rings (SSSR count). The summed E-state index contributed by atoms with van der Waals surface area (Å²) < 4.78 is 22.8. The summed E-state index contributed by atoms with van der Waals surface area (Å²) in [6.45, 7) is 7.28. The van der Waals surface area contributed by atoms with Gasteiger partial charge in [-0.05, 0) is 65.8 Å². The van der Waals surface area contributed by atoms with Crippen LogP contribution in [0.15, 0.2) is 60.7 Å². The zero-order chi connectivity index (χ0) is 26.2. The van der Waals surface area contributed by atoms with Crippen LogP contribution in [0.3, 0.4) is 0 Å². The lowest BCUT2D eigenvalue weighted by atomic mass is 9.94. The summed E-state index contributed by atoms with van der Waals surface area (Å²) in [4.78, 5) is 12.0. The summed E-state index contributed by atoms with van der Waals surface area (Å²) in [6.07, 6.45) is 5.07. The van der Waals surface area contributed by atoms with Crippen molar-refractivity contribution >= 4 is 18.1 Å². The number of hydrogen-bond donors (Lipinski definition) is 0. The first-order chi connectivity index (χ1) is 18.0. The van der Waals surface area contributed by atoms with Gasteiger partial charge in [0.2, 0.25) is 0 Å². The van der Waals surface area contributed by atoms with Crippen LogP contribution in [0.25, 0.3) is 12.2 Å². The molecular formula is C32H36O5. The second-order valence-corrected chi connectivity index (χ2v) is 9.21. The molecule has 0 aliphatic heterocycles. The second kappa shape index (κ2) is 12.7. The molecule has 3 aromatic carbocycles. The summed E-state index contributed by atoms with van der Waals surface area (Å²) in [5, 5.41) is 0. The Morgan fingerprint density at radius 3 is 2.22 bits per heavy atom. The predicted molar refractivity (Wildman–Crippen MR) is 147 cm³/mol. The van der Waals surface area contributed by atoms with Gasteiger partial charge in [-0.3, -0.25) is 0 Å². The van der Waals surface area contributed by atoms with E-state index in [1.165, 1.54) is 40.5 Å². The molecule has 0 bridgehead atoms. The van der Waals surface area contributed by atoms with E-state index in [2.05, 4.69) is 62.4 Å². The van der Waals surface area contributed by atoms with Crippen molar-refractivity contribution < 1.29 is 23.7 Å². The summed E-state index contributed by atoms with van der Waals surface area (Å²) in [5.74, 6) is 0.407. The lowest BCUT2D eigenvalue weighted by Gasteiger charge is -2.22. The Balaban J connectivity index is 1.39. The number of benzene rings is 3. The van der Waals surface area contributed by atoms with Crippen LogP contribution in [0.5, 0.6) is 5.75 Å². The maximum absolute atomic E-state index is 12.0. The van der Waals surface area contributed by atoms with E-state index in [4.69, 9.17) is 18.9 Å². The lowest BCUT2D eigenvalue weighted by Crippen LogP contribution is -2.27. The third kappa shape index (κ3) is 6.68. The van der Waals surface area contributed by atoms with Gasteiger partial charge in [0.05, 0.1) is 13.2 Å². The summed E-state index contributed by atoms with van der Waals surface area (Å²) in [7, 11) is 1.52. The number of aryl methyl sites for hydroxylation is 2. The number of fused-ring (bicyclic) bond motifs is 2. The van der Waals surface area contributed by atoms with Crippen LogP contribution in [0.1, 0.15) is 58.9 Å². The maximum Gasteiger partial charge on any atom is 0.335 e. The fourth-order valence-corrected chi connectivity index (χ4v) is 4.59. The van der Waals surface area contributed by atoms with Crippen molar-refractivity contribution in [3.05, 3.63) is 99.6 Å². The predicted octanol–water partition coefficient (Wildman–Crippen LogP) is 6.35.